The van der Waals surface area contributed by atoms with E-state index in [2.05, 4.69) is 4.90 Å². The fourth-order valence-electron chi connectivity index (χ4n) is 2.89. The summed E-state index contributed by atoms with van der Waals surface area (Å²) < 4.78 is 5.32. The Balaban J connectivity index is 1.87. The third-order valence-electron chi connectivity index (χ3n) is 4.07. The van der Waals surface area contributed by atoms with Crippen molar-refractivity contribution in [2.75, 3.05) is 52.5 Å². The summed E-state index contributed by atoms with van der Waals surface area (Å²) in [6.45, 7) is 5.31. The van der Waals surface area contributed by atoms with Gasteiger partial charge in [0, 0.05) is 32.7 Å². The second-order valence-corrected chi connectivity index (χ2v) is 5.55. The Hall–Kier alpha value is -0.690. The van der Waals surface area contributed by atoms with Crippen LogP contribution in [0, 0.1) is 0 Å². The van der Waals surface area contributed by atoms with E-state index in [9.17, 15) is 9.90 Å². The number of amides is 1. The Morgan fingerprint density at radius 3 is 2.63 bits per heavy atom. The summed E-state index contributed by atoms with van der Waals surface area (Å²) in [7, 11) is 0. The van der Waals surface area contributed by atoms with Crippen LogP contribution >= 0.6 is 0 Å². The van der Waals surface area contributed by atoms with Gasteiger partial charge in [0.05, 0.1) is 25.4 Å². The van der Waals surface area contributed by atoms with Crippen LogP contribution in [0.3, 0.4) is 0 Å². The highest BCUT2D eigenvalue weighted by molar-refractivity contribution is 5.78. The molecule has 0 aromatic rings. The highest BCUT2D eigenvalue weighted by Crippen LogP contribution is 2.24. The molecule has 19 heavy (non-hydrogen) atoms. The van der Waals surface area contributed by atoms with E-state index in [1.165, 1.54) is 0 Å². The lowest BCUT2D eigenvalue weighted by Crippen LogP contribution is -2.48. The molecule has 0 unspecified atom stereocenters. The first-order valence-corrected chi connectivity index (χ1v) is 7.13. The maximum absolute atomic E-state index is 11.6. The van der Waals surface area contributed by atoms with Crippen LogP contribution in [-0.2, 0) is 9.53 Å². The molecule has 2 saturated heterocycles. The number of carbonyl (C=O) groups excluding carboxylic acids is 1. The third kappa shape index (κ3) is 4.14. The van der Waals surface area contributed by atoms with Crippen LogP contribution in [-0.4, -0.2) is 78.9 Å². The Bertz CT molecular complexity index is 308. The van der Waals surface area contributed by atoms with Gasteiger partial charge in [-0.2, -0.15) is 0 Å². The van der Waals surface area contributed by atoms with Crippen LogP contribution in [0.5, 0.6) is 0 Å². The molecule has 3 N–H and O–H groups in total. The summed E-state index contributed by atoms with van der Waals surface area (Å²) in [4.78, 5) is 15.6. The summed E-state index contributed by atoms with van der Waals surface area (Å²) >= 11 is 0. The largest absolute Gasteiger partial charge is 0.388 e. The fraction of sp³-hybridized carbons (Fsp3) is 0.923. The van der Waals surface area contributed by atoms with Crippen molar-refractivity contribution in [2.24, 2.45) is 5.73 Å². The second kappa shape index (κ2) is 6.65. The molecule has 0 aromatic heterocycles. The number of rotatable bonds is 3. The molecule has 0 radical (unpaired) electrons. The second-order valence-electron chi connectivity index (χ2n) is 5.55. The summed E-state index contributed by atoms with van der Waals surface area (Å²) in [5.74, 6) is -0.0179. The van der Waals surface area contributed by atoms with E-state index >= 15 is 0 Å². The molecular weight excluding hydrogens is 246 g/mol. The van der Waals surface area contributed by atoms with E-state index < -0.39 is 5.60 Å². The Morgan fingerprint density at radius 1 is 1.21 bits per heavy atom. The number of aliphatic hydroxyl groups is 1. The number of morpholine rings is 1. The van der Waals surface area contributed by atoms with E-state index in [1.54, 1.807) is 4.90 Å². The highest BCUT2D eigenvalue weighted by atomic mass is 16.5. The van der Waals surface area contributed by atoms with Gasteiger partial charge in [0.15, 0.2) is 0 Å². The minimum atomic E-state index is -0.680. The van der Waals surface area contributed by atoms with Gasteiger partial charge in [-0.05, 0) is 19.3 Å². The molecule has 0 aromatic carbocycles. The van der Waals surface area contributed by atoms with Gasteiger partial charge in [0.25, 0.3) is 0 Å². The number of hydrogen-bond acceptors (Lipinski definition) is 5. The number of nitrogens with two attached hydrogens (primary N) is 1. The molecular formula is C13H25N3O3. The molecule has 0 spiro atoms. The van der Waals surface area contributed by atoms with Gasteiger partial charge in [-0.1, -0.05) is 0 Å². The van der Waals surface area contributed by atoms with Gasteiger partial charge in [0.2, 0.25) is 5.91 Å². The summed E-state index contributed by atoms with van der Waals surface area (Å²) in [5, 5.41) is 10.7. The molecule has 2 rings (SSSR count). The van der Waals surface area contributed by atoms with E-state index in [0.29, 0.717) is 26.1 Å². The molecule has 110 valence electrons. The fourth-order valence-corrected chi connectivity index (χ4v) is 2.89. The van der Waals surface area contributed by atoms with Gasteiger partial charge in [0.1, 0.15) is 0 Å². The molecule has 2 aliphatic rings. The van der Waals surface area contributed by atoms with Crippen molar-refractivity contribution in [1.82, 2.24) is 9.80 Å². The Kier molecular flexibility index (Phi) is 5.15. The van der Waals surface area contributed by atoms with Crippen LogP contribution in [0.15, 0.2) is 0 Å². The average Bonchev–Trinajstić information content (AvgIpc) is 2.61. The molecule has 0 aliphatic carbocycles. The standard InChI is InChI=1S/C13H25N3O3/c14-10-12(17)16-4-1-2-13(18,3-5-16)11-15-6-8-19-9-7-15/h18H,1-11,14H2/t13-/m1/s1. The zero-order valence-corrected chi connectivity index (χ0v) is 11.5. The molecule has 1 atom stereocenters. The van der Waals surface area contributed by atoms with Crippen molar-refractivity contribution in [3.8, 4) is 0 Å². The molecule has 2 fully saturated rings. The average molecular weight is 271 g/mol. The first-order valence-electron chi connectivity index (χ1n) is 7.13. The maximum atomic E-state index is 11.6. The number of nitrogens with zero attached hydrogens (tertiary/aromatic N) is 2. The lowest BCUT2D eigenvalue weighted by Gasteiger charge is -2.35. The monoisotopic (exact) mass is 271 g/mol. The number of carbonyl (C=O) groups is 1. The highest BCUT2D eigenvalue weighted by Gasteiger charge is 2.33. The van der Waals surface area contributed by atoms with Crippen molar-refractivity contribution in [3.63, 3.8) is 0 Å². The zero-order valence-electron chi connectivity index (χ0n) is 11.5. The summed E-state index contributed by atoms with van der Waals surface area (Å²) in [5.41, 5.74) is 4.72. The van der Waals surface area contributed by atoms with E-state index in [1.807, 2.05) is 0 Å². The van der Waals surface area contributed by atoms with Gasteiger partial charge in [-0.15, -0.1) is 0 Å². The lowest BCUT2D eigenvalue weighted by atomic mass is 9.94. The van der Waals surface area contributed by atoms with Crippen molar-refractivity contribution >= 4 is 5.91 Å². The molecule has 2 aliphatic heterocycles. The SMILES string of the molecule is NCC(=O)N1CCC[C@](O)(CN2CCOCC2)CC1. The number of ether oxygens (including phenoxy) is 1. The van der Waals surface area contributed by atoms with Gasteiger partial charge < -0.3 is 20.5 Å². The van der Waals surface area contributed by atoms with E-state index in [0.717, 1.165) is 39.1 Å². The summed E-state index contributed by atoms with van der Waals surface area (Å²) in [6, 6.07) is 0. The van der Waals surface area contributed by atoms with Gasteiger partial charge >= 0.3 is 0 Å². The quantitative estimate of drug-likeness (QED) is 0.690. The van der Waals surface area contributed by atoms with Gasteiger partial charge in [-0.25, -0.2) is 0 Å². The molecule has 0 bridgehead atoms. The van der Waals surface area contributed by atoms with Crippen LogP contribution in [0.25, 0.3) is 0 Å². The number of likely N-dealkylation sites (tertiary alicyclic amines) is 1. The Morgan fingerprint density at radius 2 is 1.95 bits per heavy atom. The number of β-amino-alcohol motifs (C(OH)–C–C–N with tert-alkyl or cyclic N) is 1. The summed E-state index contributed by atoms with van der Waals surface area (Å²) in [6.07, 6.45) is 2.22. The van der Waals surface area contributed by atoms with Crippen molar-refractivity contribution in [3.05, 3.63) is 0 Å². The Labute approximate surface area is 114 Å². The minimum Gasteiger partial charge on any atom is -0.388 e. The first-order chi connectivity index (χ1) is 9.13. The molecule has 6 nitrogen and oxygen atoms in total. The van der Waals surface area contributed by atoms with E-state index in [-0.39, 0.29) is 12.5 Å². The topological polar surface area (TPSA) is 79.0 Å². The third-order valence-corrected chi connectivity index (χ3v) is 4.07. The zero-order chi connectivity index (χ0) is 13.7. The normalized spacial score (nSPS) is 30.1. The van der Waals surface area contributed by atoms with E-state index in [4.69, 9.17) is 10.5 Å². The van der Waals surface area contributed by atoms with Crippen LogP contribution in [0.4, 0.5) is 0 Å². The predicted molar refractivity (Wildman–Crippen MR) is 71.7 cm³/mol. The minimum absolute atomic E-state index is 0.0179. The maximum Gasteiger partial charge on any atom is 0.236 e. The van der Waals surface area contributed by atoms with Crippen molar-refractivity contribution < 1.29 is 14.6 Å². The number of hydrogen-bond donors (Lipinski definition) is 2. The van der Waals surface area contributed by atoms with Crippen LogP contribution < -0.4 is 5.73 Å². The van der Waals surface area contributed by atoms with Crippen LogP contribution in [0.1, 0.15) is 19.3 Å². The first kappa shape index (κ1) is 14.7. The van der Waals surface area contributed by atoms with Crippen LogP contribution in [0.2, 0.25) is 0 Å². The smallest absolute Gasteiger partial charge is 0.236 e. The van der Waals surface area contributed by atoms with Gasteiger partial charge in [-0.3, -0.25) is 9.69 Å². The molecule has 1 amide bonds. The molecule has 2 heterocycles. The van der Waals surface area contributed by atoms with Crippen molar-refractivity contribution in [2.45, 2.75) is 24.9 Å². The predicted octanol–water partition coefficient (Wildman–Crippen LogP) is -0.979. The lowest BCUT2D eigenvalue weighted by molar-refractivity contribution is -0.129. The molecule has 0 saturated carbocycles. The van der Waals surface area contributed by atoms with Crippen molar-refractivity contribution in [1.29, 1.82) is 0 Å². The molecule has 6 heteroatoms.